The summed E-state index contributed by atoms with van der Waals surface area (Å²) in [5.41, 5.74) is 13.3. The number of benzene rings is 1. The second kappa shape index (κ2) is 9.86. The van der Waals surface area contributed by atoms with E-state index in [-0.39, 0.29) is 22.8 Å². The van der Waals surface area contributed by atoms with Gasteiger partial charge in [-0.1, -0.05) is 23.5 Å². The van der Waals surface area contributed by atoms with Crippen LogP contribution in [-0.4, -0.2) is 53.0 Å². The number of carbonyl (C=O) groups excluding carboxylic acids is 1. The number of nitrogens with two attached hydrogens (primary N) is 2. The molecule has 1 aliphatic rings. The summed E-state index contributed by atoms with van der Waals surface area (Å²) in [7, 11) is 1.68. The molecule has 3 heterocycles. The summed E-state index contributed by atoms with van der Waals surface area (Å²) in [5.74, 6) is -0.0825. The summed E-state index contributed by atoms with van der Waals surface area (Å²) in [4.78, 5) is 19.6. The number of aromatic nitrogens is 3. The third kappa shape index (κ3) is 4.70. The van der Waals surface area contributed by atoms with Crippen LogP contribution in [0.1, 0.15) is 30.3 Å². The molecule has 0 bridgehead atoms. The van der Waals surface area contributed by atoms with Gasteiger partial charge in [0, 0.05) is 38.3 Å². The molecular formula is C22H28FN7O2S. The predicted molar refractivity (Wildman–Crippen MR) is 128 cm³/mol. The Bertz CT molecular complexity index is 1130. The second-order valence-corrected chi connectivity index (χ2v) is 8.90. The van der Waals surface area contributed by atoms with Crippen LogP contribution in [0.2, 0.25) is 0 Å². The molecule has 4 rings (SSSR count). The van der Waals surface area contributed by atoms with Crippen molar-refractivity contribution >= 4 is 33.8 Å². The standard InChI is InChI=1S/C22H28FN7O2S/c1-3-30-22(29-10-8-15(24)17(32-2)9-11-29)16(12-26-30)27-20(31)18-19(25)33-21(28-18)13-6-4-5-7-14(13)23/h4-7,12,15,17H,3,8-11,24-25H2,1-2H3,(H,27,31). The van der Waals surface area contributed by atoms with Gasteiger partial charge in [-0.15, -0.1) is 0 Å². The number of hydrogen-bond donors (Lipinski definition) is 3. The number of thiazole rings is 1. The maximum absolute atomic E-state index is 14.2. The molecule has 2 unspecified atom stereocenters. The van der Waals surface area contributed by atoms with Crippen LogP contribution in [0.5, 0.6) is 0 Å². The largest absolute Gasteiger partial charge is 0.389 e. The van der Waals surface area contributed by atoms with E-state index >= 15 is 0 Å². The topological polar surface area (TPSA) is 124 Å². The van der Waals surface area contributed by atoms with Gasteiger partial charge < -0.3 is 26.4 Å². The summed E-state index contributed by atoms with van der Waals surface area (Å²) >= 11 is 1.07. The lowest BCUT2D eigenvalue weighted by Crippen LogP contribution is -2.35. The molecule has 0 aliphatic carbocycles. The van der Waals surface area contributed by atoms with Crippen LogP contribution < -0.4 is 21.7 Å². The minimum atomic E-state index is -0.468. The summed E-state index contributed by atoms with van der Waals surface area (Å²) in [6.07, 6.45) is 3.13. The van der Waals surface area contributed by atoms with E-state index in [4.69, 9.17) is 16.2 Å². The Morgan fingerprint density at radius 2 is 2.09 bits per heavy atom. The Labute approximate surface area is 195 Å². The van der Waals surface area contributed by atoms with Crippen LogP contribution in [-0.2, 0) is 11.3 Å². The van der Waals surface area contributed by atoms with E-state index in [9.17, 15) is 9.18 Å². The average molecular weight is 474 g/mol. The number of nitrogens with one attached hydrogen (secondary N) is 1. The number of rotatable bonds is 6. The molecule has 1 aliphatic heterocycles. The van der Waals surface area contributed by atoms with Crippen LogP contribution in [0.4, 0.5) is 20.9 Å². The van der Waals surface area contributed by atoms with Crippen molar-refractivity contribution in [2.75, 3.05) is 36.1 Å². The van der Waals surface area contributed by atoms with Gasteiger partial charge >= 0.3 is 0 Å². The minimum absolute atomic E-state index is 0.0161. The monoisotopic (exact) mass is 473 g/mol. The first-order valence-electron chi connectivity index (χ1n) is 10.8. The number of hydrogen-bond acceptors (Lipinski definition) is 8. The zero-order chi connectivity index (χ0) is 23.5. The van der Waals surface area contributed by atoms with Crippen molar-refractivity contribution in [2.45, 2.75) is 38.5 Å². The Morgan fingerprint density at radius 3 is 2.82 bits per heavy atom. The molecule has 0 saturated carbocycles. The van der Waals surface area contributed by atoms with Gasteiger partial charge in [0.25, 0.3) is 5.91 Å². The number of nitrogen functional groups attached to an aromatic ring is 1. The van der Waals surface area contributed by atoms with Crippen LogP contribution in [0.25, 0.3) is 10.6 Å². The first-order chi connectivity index (χ1) is 15.9. The Balaban J connectivity index is 1.59. The van der Waals surface area contributed by atoms with Crippen molar-refractivity contribution in [3.8, 4) is 10.6 Å². The Kier molecular flexibility index (Phi) is 6.91. The van der Waals surface area contributed by atoms with Crippen LogP contribution >= 0.6 is 11.3 Å². The molecule has 2 aromatic heterocycles. The molecule has 176 valence electrons. The molecule has 3 aromatic rings. The highest BCUT2D eigenvalue weighted by Gasteiger charge is 2.28. The van der Waals surface area contributed by atoms with Crippen LogP contribution in [0, 0.1) is 5.82 Å². The average Bonchev–Trinajstić information content (AvgIpc) is 3.33. The van der Waals surface area contributed by atoms with Crippen molar-refractivity contribution in [3.63, 3.8) is 0 Å². The Morgan fingerprint density at radius 1 is 1.33 bits per heavy atom. The number of aryl methyl sites for hydroxylation is 1. The molecule has 9 nitrogen and oxygen atoms in total. The zero-order valence-electron chi connectivity index (χ0n) is 18.6. The van der Waals surface area contributed by atoms with Gasteiger partial charge in [-0.2, -0.15) is 5.10 Å². The van der Waals surface area contributed by atoms with Crippen molar-refractivity contribution in [3.05, 3.63) is 42.0 Å². The van der Waals surface area contributed by atoms with E-state index in [1.807, 2.05) is 11.6 Å². The molecule has 0 spiro atoms. The number of halogens is 1. The highest BCUT2D eigenvalue weighted by molar-refractivity contribution is 7.19. The normalized spacial score (nSPS) is 18.8. The lowest BCUT2D eigenvalue weighted by atomic mass is 10.1. The van der Waals surface area contributed by atoms with Gasteiger partial charge in [0.15, 0.2) is 11.5 Å². The zero-order valence-corrected chi connectivity index (χ0v) is 19.4. The summed E-state index contributed by atoms with van der Waals surface area (Å²) < 4.78 is 21.5. The van der Waals surface area contributed by atoms with Gasteiger partial charge in [-0.3, -0.25) is 4.79 Å². The fraction of sp³-hybridized carbons (Fsp3) is 0.409. The maximum atomic E-state index is 14.2. The van der Waals surface area contributed by atoms with Gasteiger partial charge in [0.1, 0.15) is 21.5 Å². The number of ether oxygens (including phenoxy) is 1. The van der Waals surface area contributed by atoms with Gasteiger partial charge in [0.2, 0.25) is 0 Å². The van der Waals surface area contributed by atoms with Crippen molar-refractivity contribution < 1.29 is 13.9 Å². The van der Waals surface area contributed by atoms with E-state index in [2.05, 4.69) is 20.3 Å². The quantitative estimate of drug-likeness (QED) is 0.503. The number of carbonyl (C=O) groups is 1. The van der Waals surface area contributed by atoms with Crippen LogP contribution in [0.3, 0.4) is 0 Å². The van der Waals surface area contributed by atoms with Crippen molar-refractivity contribution in [1.29, 1.82) is 0 Å². The van der Waals surface area contributed by atoms with E-state index in [1.165, 1.54) is 6.07 Å². The molecule has 1 fully saturated rings. The smallest absolute Gasteiger partial charge is 0.277 e. The first-order valence-corrected chi connectivity index (χ1v) is 11.7. The van der Waals surface area contributed by atoms with E-state index < -0.39 is 11.7 Å². The minimum Gasteiger partial charge on any atom is -0.389 e. The lowest BCUT2D eigenvalue weighted by molar-refractivity contribution is 0.0781. The van der Waals surface area contributed by atoms with E-state index in [1.54, 1.807) is 31.5 Å². The van der Waals surface area contributed by atoms with Gasteiger partial charge in [0.05, 0.1) is 12.3 Å². The Hall–Kier alpha value is -3.02. The number of amides is 1. The molecule has 5 N–H and O–H groups in total. The fourth-order valence-corrected chi connectivity index (χ4v) is 4.92. The highest BCUT2D eigenvalue weighted by atomic mass is 32.1. The molecule has 1 saturated heterocycles. The van der Waals surface area contributed by atoms with Crippen LogP contribution in [0.15, 0.2) is 30.5 Å². The van der Waals surface area contributed by atoms with E-state index in [0.717, 1.165) is 36.5 Å². The maximum Gasteiger partial charge on any atom is 0.277 e. The third-order valence-corrected chi connectivity index (χ3v) is 6.75. The van der Waals surface area contributed by atoms with Crippen molar-refractivity contribution in [2.24, 2.45) is 5.73 Å². The number of methoxy groups -OCH3 is 1. The molecule has 33 heavy (non-hydrogen) atoms. The number of nitrogens with zero attached hydrogens (tertiary/aromatic N) is 4. The first kappa shape index (κ1) is 23.1. The molecule has 11 heteroatoms. The van der Waals surface area contributed by atoms with Gasteiger partial charge in [-0.25, -0.2) is 14.1 Å². The third-order valence-electron chi connectivity index (χ3n) is 5.83. The lowest BCUT2D eigenvalue weighted by Gasteiger charge is -2.24. The summed E-state index contributed by atoms with van der Waals surface area (Å²) in [6.45, 7) is 4.06. The predicted octanol–water partition coefficient (Wildman–Crippen LogP) is 2.94. The van der Waals surface area contributed by atoms with Crippen molar-refractivity contribution in [1.82, 2.24) is 14.8 Å². The summed E-state index contributed by atoms with van der Waals surface area (Å²) in [5, 5.41) is 7.91. The van der Waals surface area contributed by atoms with Gasteiger partial charge in [-0.05, 0) is 31.9 Å². The molecule has 0 radical (unpaired) electrons. The number of anilines is 3. The molecular weight excluding hydrogens is 445 g/mol. The molecule has 2 atom stereocenters. The second-order valence-electron chi connectivity index (χ2n) is 7.87. The summed E-state index contributed by atoms with van der Waals surface area (Å²) in [6, 6.07) is 6.21. The molecule has 1 amide bonds. The SMILES string of the molecule is CCn1ncc(NC(=O)c2nc(-c3ccccc3F)sc2N)c1N1CCC(N)C(OC)CC1. The van der Waals surface area contributed by atoms with E-state index in [0.29, 0.717) is 29.3 Å². The molecule has 1 aromatic carbocycles. The fourth-order valence-electron chi connectivity index (χ4n) is 4.06. The highest BCUT2D eigenvalue weighted by Crippen LogP contribution is 2.33.